The molecule has 7 rings (SSSR count). The van der Waals surface area contributed by atoms with E-state index in [9.17, 15) is 0 Å². The number of fused-ring (bicyclic) bond motifs is 1. The predicted octanol–water partition coefficient (Wildman–Crippen LogP) is 3.31. The van der Waals surface area contributed by atoms with Gasteiger partial charge >= 0.3 is 26.2 Å². The molecule has 187 valence electrons. The largest absolute Gasteiger partial charge is 3.00 e. The van der Waals surface area contributed by atoms with Gasteiger partial charge in [-0.25, -0.2) is 0 Å². The molecule has 3 aromatic carbocycles. The van der Waals surface area contributed by atoms with Crippen LogP contribution in [-0.4, -0.2) is 8.07 Å². The Morgan fingerprint density at radius 3 is 2.22 bits per heavy atom. The minimum atomic E-state index is -1.10. The van der Waals surface area contributed by atoms with E-state index in [0.717, 1.165) is 11.3 Å². The molecule has 0 spiro atoms. The zero-order valence-corrected chi connectivity index (χ0v) is 27.3. The molecular weight excluding hydrogens is 579 g/mol. The van der Waals surface area contributed by atoms with Gasteiger partial charge in [-0.05, 0) is 48.6 Å². The number of rotatable bonds is 3. The second-order valence-corrected chi connectivity index (χ2v) is 15.1. The number of benzene rings is 2. The molecule has 4 aromatic rings. The molecule has 0 saturated heterocycles. The summed E-state index contributed by atoms with van der Waals surface area (Å²) in [5.41, 5.74) is 9.27. The number of allylic oxidation sites excluding steroid dienone is 1. The van der Waals surface area contributed by atoms with Crippen LogP contribution in [0.3, 0.4) is 0 Å². The van der Waals surface area contributed by atoms with Crippen LogP contribution in [0, 0.1) is 13.8 Å². The van der Waals surface area contributed by atoms with Gasteiger partial charge in [-0.1, -0.05) is 75.3 Å². The van der Waals surface area contributed by atoms with Gasteiger partial charge in [-0.3, -0.25) is 0 Å². The van der Waals surface area contributed by atoms with E-state index in [0.29, 0.717) is 5.92 Å². The maximum absolute atomic E-state index is 5.76. The van der Waals surface area contributed by atoms with Gasteiger partial charge in [-0.2, -0.15) is 6.07 Å². The molecular formula is C31H35Cl2OSiZr. The third kappa shape index (κ3) is 5.06. The van der Waals surface area contributed by atoms with E-state index < -0.39 is 8.07 Å². The van der Waals surface area contributed by atoms with E-state index in [2.05, 4.69) is 101 Å². The van der Waals surface area contributed by atoms with Crippen molar-refractivity contribution in [3.63, 3.8) is 0 Å². The second kappa shape index (κ2) is 11.6. The summed E-state index contributed by atoms with van der Waals surface area (Å²) in [5.74, 6) is 2.95. The van der Waals surface area contributed by atoms with Crippen LogP contribution in [0.25, 0.3) is 27.1 Å². The van der Waals surface area contributed by atoms with Gasteiger partial charge in [0.2, 0.25) is 0 Å². The molecule has 3 aliphatic rings. The monoisotopic (exact) mass is 611 g/mol. The molecule has 0 saturated carbocycles. The Bertz CT molecular complexity index is 1380. The van der Waals surface area contributed by atoms with Crippen LogP contribution in [0.1, 0.15) is 66.9 Å². The first-order valence-electron chi connectivity index (χ1n) is 12.3. The average Bonchev–Trinajstić information content (AvgIpc) is 3.47. The average molecular weight is 614 g/mol. The van der Waals surface area contributed by atoms with Crippen molar-refractivity contribution in [1.29, 1.82) is 0 Å². The molecule has 3 heterocycles. The van der Waals surface area contributed by atoms with Crippen LogP contribution in [0.2, 0.25) is 13.1 Å². The summed E-state index contributed by atoms with van der Waals surface area (Å²) in [4.78, 5) is 0. The second-order valence-electron chi connectivity index (χ2n) is 10.6. The Labute approximate surface area is 249 Å². The number of hydrogen-bond acceptors (Lipinski definition) is 1. The van der Waals surface area contributed by atoms with Crippen LogP contribution in [0.4, 0.5) is 0 Å². The maximum atomic E-state index is 5.76. The summed E-state index contributed by atoms with van der Waals surface area (Å²) in [7, 11) is -1.10. The minimum Gasteiger partial charge on any atom is -1.00 e. The Kier molecular flexibility index (Phi) is 10.0. The summed E-state index contributed by atoms with van der Waals surface area (Å²) < 4.78 is 5.76. The van der Waals surface area contributed by atoms with Crippen LogP contribution < -0.4 is 24.8 Å². The third-order valence-corrected chi connectivity index (χ3v) is 12.0. The van der Waals surface area contributed by atoms with E-state index in [1.54, 1.807) is 10.8 Å². The Hall–Kier alpha value is -1.25. The first kappa shape index (κ1) is 31.0. The van der Waals surface area contributed by atoms with Crippen molar-refractivity contribution in [2.45, 2.75) is 65.6 Å². The first-order chi connectivity index (χ1) is 15.7. The summed E-state index contributed by atoms with van der Waals surface area (Å²) in [5, 5.41) is 4.30. The van der Waals surface area contributed by atoms with Gasteiger partial charge in [-0.15, -0.1) is 34.5 Å². The number of aryl methyl sites for hydroxylation is 2. The van der Waals surface area contributed by atoms with Crippen molar-refractivity contribution in [3.8, 4) is 11.1 Å². The molecule has 1 aromatic heterocycles. The van der Waals surface area contributed by atoms with Crippen LogP contribution in [0.15, 0.2) is 70.7 Å². The Morgan fingerprint density at radius 1 is 0.972 bits per heavy atom. The van der Waals surface area contributed by atoms with Crippen molar-refractivity contribution >= 4 is 24.0 Å². The summed E-state index contributed by atoms with van der Waals surface area (Å²) in [6.45, 7) is 15.9. The molecule has 1 nitrogen and oxygen atoms in total. The topological polar surface area (TPSA) is 13.1 Å². The molecule has 0 N–H and O–H groups in total. The van der Waals surface area contributed by atoms with Gasteiger partial charge in [0.05, 0.1) is 8.07 Å². The molecule has 2 bridgehead atoms. The number of furan rings is 1. The molecule has 1 aliphatic carbocycles. The van der Waals surface area contributed by atoms with Crippen molar-refractivity contribution in [2.75, 3.05) is 0 Å². The predicted molar refractivity (Wildman–Crippen MR) is 145 cm³/mol. The van der Waals surface area contributed by atoms with Crippen molar-refractivity contribution in [1.82, 2.24) is 0 Å². The van der Waals surface area contributed by atoms with Gasteiger partial charge in [0, 0.05) is 11.1 Å². The SMILES string of the molecule is CC1=C2c3oc(C)cc3C1[Si]2(C)C.CCC(C)c1ccc(-c2cccc3[cH-]c(C)cc23)cc1.[Cl-].[Cl-].[Zr+3]. The fourth-order valence-corrected chi connectivity index (χ4v) is 10.4. The van der Waals surface area contributed by atoms with E-state index in [4.69, 9.17) is 4.42 Å². The van der Waals surface area contributed by atoms with Gasteiger partial charge in [0.15, 0.2) is 0 Å². The number of hydrogen-bond donors (Lipinski definition) is 0. The van der Waals surface area contributed by atoms with Crippen LogP contribution in [-0.2, 0) is 26.2 Å². The van der Waals surface area contributed by atoms with Crippen molar-refractivity contribution in [3.05, 3.63) is 94.4 Å². The standard InChI is InChI=1S/C20H21.C11H14OSi.2ClH.Zr/c1-4-15(3)16-8-10-17(11-9-16)19-7-5-6-18-12-14(2)13-20(18)19;1-6-5-8-9(12-6)11-7(2)10(8)13(11,3)4;;;/h5-13,15H,4H2,1-3H3;5,10H,1-4H3;2*1H;/q-1;;;;+3/p-2. The molecule has 5 heteroatoms. The zero-order valence-electron chi connectivity index (χ0n) is 22.3. The third-order valence-electron chi connectivity index (χ3n) is 7.91. The molecule has 0 amide bonds. The van der Waals surface area contributed by atoms with E-state index in [-0.39, 0.29) is 51.0 Å². The van der Waals surface area contributed by atoms with Crippen LogP contribution >= 0.6 is 0 Å². The van der Waals surface area contributed by atoms with Gasteiger partial charge in [0.25, 0.3) is 0 Å². The van der Waals surface area contributed by atoms with E-state index in [1.807, 2.05) is 6.92 Å². The normalized spacial score (nSPS) is 17.0. The van der Waals surface area contributed by atoms with E-state index >= 15 is 0 Å². The van der Waals surface area contributed by atoms with Gasteiger partial charge in [0.1, 0.15) is 11.5 Å². The molecule has 2 atom stereocenters. The summed E-state index contributed by atoms with van der Waals surface area (Å²) in [6.07, 6.45) is 1.19. The van der Waals surface area contributed by atoms with Gasteiger partial charge < -0.3 is 29.2 Å². The molecule has 2 aliphatic heterocycles. The maximum Gasteiger partial charge on any atom is 3.00 e. The molecule has 36 heavy (non-hydrogen) atoms. The van der Waals surface area contributed by atoms with E-state index in [1.165, 1.54) is 50.8 Å². The molecule has 2 unspecified atom stereocenters. The number of halogens is 2. The molecule has 0 fully saturated rings. The van der Waals surface area contributed by atoms with Crippen LogP contribution in [0.5, 0.6) is 0 Å². The fraction of sp³-hybridized carbons (Fsp3) is 0.323. The van der Waals surface area contributed by atoms with Crippen molar-refractivity contribution < 1.29 is 55.4 Å². The Morgan fingerprint density at radius 2 is 1.64 bits per heavy atom. The molecule has 1 radical (unpaired) electrons. The zero-order chi connectivity index (χ0) is 23.5. The fourth-order valence-electron chi connectivity index (χ4n) is 6.16. The minimum absolute atomic E-state index is 0. The first-order valence-corrected chi connectivity index (χ1v) is 15.4. The summed E-state index contributed by atoms with van der Waals surface area (Å²) >= 11 is 0. The summed E-state index contributed by atoms with van der Waals surface area (Å²) in [6, 6.07) is 22.4. The smallest absolute Gasteiger partial charge is 1.00 e. The van der Waals surface area contributed by atoms with Crippen molar-refractivity contribution in [2.24, 2.45) is 0 Å². The Balaban J connectivity index is 0.000000250. The quantitative estimate of drug-likeness (QED) is 0.256.